The first-order chi connectivity index (χ1) is 30.3. The van der Waals surface area contributed by atoms with Crippen molar-refractivity contribution in [3.05, 3.63) is 144 Å². The third-order valence-corrected chi connectivity index (χ3v) is 11.1. The molecule has 0 aliphatic carbocycles. The number of ketones is 1. The van der Waals surface area contributed by atoms with Gasteiger partial charge in [0.2, 0.25) is 11.8 Å². The largest absolute Gasteiger partial charge is 0.461 e. The fourth-order valence-corrected chi connectivity index (χ4v) is 7.59. The molecule has 0 heterocycles. The summed E-state index contributed by atoms with van der Waals surface area (Å²) in [5.74, 6) is -2.40. The van der Waals surface area contributed by atoms with Crippen LogP contribution in [0.1, 0.15) is 132 Å². The van der Waals surface area contributed by atoms with Gasteiger partial charge in [-0.05, 0) is 66.7 Å². The zero-order valence-corrected chi connectivity index (χ0v) is 36.8. The Morgan fingerprint density at radius 3 is 1.60 bits per heavy atom. The van der Waals surface area contributed by atoms with Crippen LogP contribution in [0, 0.1) is 5.92 Å². The molecule has 4 rings (SSSR count). The molecule has 0 aliphatic heterocycles. The van der Waals surface area contributed by atoms with E-state index in [9.17, 15) is 24.0 Å². The predicted octanol–water partition coefficient (Wildman–Crippen LogP) is 10.4. The quantitative estimate of drug-likeness (QED) is 0.0381. The first kappa shape index (κ1) is 49.1. The Balaban J connectivity index is 1.44. The molecule has 0 spiro atoms. The predicted molar refractivity (Wildman–Crippen MR) is 245 cm³/mol. The van der Waals surface area contributed by atoms with Crippen LogP contribution < -0.4 is 10.6 Å². The zero-order chi connectivity index (χ0) is 44.0. The van der Waals surface area contributed by atoms with Crippen LogP contribution in [-0.2, 0) is 59.5 Å². The molecule has 2 N–H and O–H groups in total. The maximum atomic E-state index is 14.2. The summed E-state index contributed by atoms with van der Waals surface area (Å²) in [6, 6.07) is 36.3. The number of benzene rings is 4. The van der Waals surface area contributed by atoms with Crippen LogP contribution >= 0.6 is 0 Å². The zero-order valence-electron chi connectivity index (χ0n) is 36.8. The second-order valence-corrected chi connectivity index (χ2v) is 16.4. The van der Waals surface area contributed by atoms with Crippen molar-refractivity contribution in [2.45, 2.75) is 148 Å². The number of ether oxygens (including phenoxy) is 2. The van der Waals surface area contributed by atoms with Crippen molar-refractivity contribution in [2.24, 2.45) is 5.92 Å². The van der Waals surface area contributed by atoms with Crippen molar-refractivity contribution in [1.82, 2.24) is 10.6 Å². The van der Waals surface area contributed by atoms with E-state index in [1.54, 1.807) is 0 Å². The van der Waals surface area contributed by atoms with Crippen LogP contribution in [-0.4, -0.2) is 41.6 Å². The molecule has 4 aromatic carbocycles. The van der Waals surface area contributed by atoms with E-state index in [-0.39, 0.29) is 62.9 Å². The Labute approximate surface area is 369 Å². The number of esters is 2. The van der Waals surface area contributed by atoms with Gasteiger partial charge in [0.05, 0.1) is 0 Å². The molecule has 9 heteroatoms. The second kappa shape index (κ2) is 29.6. The molecule has 332 valence electrons. The van der Waals surface area contributed by atoms with Gasteiger partial charge in [0.25, 0.3) is 0 Å². The number of hydrogen-bond donors (Lipinski definition) is 2. The van der Waals surface area contributed by atoms with Crippen molar-refractivity contribution >= 4 is 29.5 Å². The van der Waals surface area contributed by atoms with Crippen LogP contribution in [0.5, 0.6) is 0 Å². The number of carbonyl (C=O) groups excluding carboxylic acids is 5. The summed E-state index contributed by atoms with van der Waals surface area (Å²) in [5.41, 5.74) is 3.95. The smallest absolute Gasteiger partial charge is 0.328 e. The van der Waals surface area contributed by atoms with Gasteiger partial charge < -0.3 is 20.1 Å². The van der Waals surface area contributed by atoms with Gasteiger partial charge in [-0.2, -0.15) is 0 Å². The Kier molecular flexibility index (Phi) is 23.5. The summed E-state index contributed by atoms with van der Waals surface area (Å²) in [6.45, 7) is 2.25. The standard InChI is InChI=1S/C53H68N2O7/c1-2-3-4-5-6-7-8-9-22-34-50(57)54-49(39-47(56)38-46(37-43-26-16-11-17-27-43)33-23-32-42-24-14-10-15-25-42)52(59)55-48(53(60)62-41-45-30-20-13-21-31-45)35-36-51(58)61-40-44-28-18-12-19-29-44/h10-21,24-31,46,48-49H,2-9,22-23,32-41H2,1H3,(H,54,57)(H,55,59). The first-order valence-electron chi connectivity index (χ1n) is 22.9. The van der Waals surface area contributed by atoms with Gasteiger partial charge in [0.1, 0.15) is 31.1 Å². The van der Waals surface area contributed by atoms with E-state index in [4.69, 9.17) is 9.47 Å². The molecule has 3 atom stereocenters. The van der Waals surface area contributed by atoms with Gasteiger partial charge in [0, 0.05) is 25.7 Å². The third kappa shape index (κ3) is 20.8. The molecular weight excluding hydrogens is 777 g/mol. The summed E-state index contributed by atoms with van der Waals surface area (Å²) in [6.07, 6.45) is 13.1. The minimum atomic E-state index is -1.23. The molecule has 0 bridgehead atoms. The minimum Gasteiger partial charge on any atom is -0.461 e. The highest BCUT2D eigenvalue weighted by atomic mass is 16.5. The molecule has 2 amide bonds. The van der Waals surface area contributed by atoms with Gasteiger partial charge in [-0.3, -0.25) is 19.2 Å². The van der Waals surface area contributed by atoms with Gasteiger partial charge >= 0.3 is 11.9 Å². The van der Waals surface area contributed by atoms with Crippen molar-refractivity contribution in [3.63, 3.8) is 0 Å². The van der Waals surface area contributed by atoms with Crippen LogP contribution in [0.3, 0.4) is 0 Å². The van der Waals surface area contributed by atoms with Gasteiger partial charge in [-0.25, -0.2) is 4.79 Å². The van der Waals surface area contributed by atoms with Crippen LogP contribution in [0.2, 0.25) is 0 Å². The molecule has 0 aromatic heterocycles. The highest BCUT2D eigenvalue weighted by molar-refractivity contribution is 5.94. The fraction of sp³-hybridized carbons (Fsp3) is 0.453. The first-order valence-corrected chi connectivity index (χ1v) is 22.9. The number of amides is 2. The Morgan fingerprint density at radius 2 is 1.02 bits per heavy atom. The number of aryl methyl sites for hydroxylation is 1. The molecule has 0 saturated heterocycles. The third-order valence-electron chi connectivity index (χ3n) is 11.1. The van der Waals surface area contributed by atoms with E-state index in [0.29, 0.717) is 12.8 Å². The topological polar surface area (TPSA) is 128 Å². The highest BCUT2D eigenvalue weighted by Crippen LogP contribution is 2.22. The van der Waals surface area contributed by atoms with Gasteiger partial charge in [-0.15, -0.1) is 0 Å². The lowest BCUT2D eigenvalue weighted by molar-refractivity contribution is -0.150. The summed E-state index contributed by atoms with van der Waals surface area (Å²) in [4.78, 5) is 68.0. The van der Waals surface area contributed by atoms with Gasteiger partial charge in [0.15, 0.2) is 0 Å². The Hall–Kier alpha value is -5.57. The van der Waals surface area contributed by atoms with Crippen molar-refractivity contribution in [2.75, 3.05) is 0 Å². The summed E-state index contributed by atoms with van der Waals surface area (Å²) < 4.78 is 11.1. The number of carbonyl (C=O) groups is 5. The van der Waals surface area contributed by atoms with Crippen molar-refractivity contribution in [3.8, 4) is 0 Å². The number of rotatable bonds is 31. The fourth-order valence-electron chi connectivity index (χ4n) is 7.59. The Bertz CT molecular complexity index is 1870. The number of hydrogen-bond acceptors (Lipinski definition) is 7. The lowest BCUT2D eigenvalue weighted by atomic mass is 9.87. The summed E-state index contributed by atoms with van der Waals surface area (Å²) in [5, 5.41) is 5.61. The molecule has 0 aliphatic rings. The number of Topliss-reactive ketones (excluding diaryl/α,β-unsaturated/α-hetero) is 1. The minimum absolute atomic E-state index is 0.0256. The summed E-state index contributed by atoms with van der Waals surface area (Å²) >= 11 is 0. The second-order valence-electron chi connectivity index (χ2n) is 16.4. The van der Waals surface area contributed by atoms with Crippen LogP contribution in [0.4, 0.5) is 0 Å². The van der Waals surface area contributed by atoms with E-state index in [1.807, 2.05) is 97.1 Å². The molecule has 0 fully saturated rings. The van der Waals surface area contributed by atoms with E-state index < -0.39 is 29.9 Å². The molecule has 4 aromatic rings. The van der Waals surface area contributed by atoms with E-state index >= 15 is 0 Å². The van der Waals surface area contributed by atoms with E-state index in [1.165, 1.54) is 37.7 Å². The number of unbranched alkanes of at least 4 members (excludes halogenated alkanes) is 8. The molecule has 62 heavy (non-hydrogen) atoms. The van der Waals surface area contributed by atoms with Crippen LogP contribution in [0.25, 0.3) is 0 Å². The normalized spacial score (nSPS) is 12.4. The van der Waals surface area contributed by atoms with Gasteiger partial charge in [-0.1, -0.05) is 180 Å². The van der Waals surface area contributed by atoms with Crippen molar-refractivity contribution in [1.29, 1.82) is 0 Å². The highest BCUT2D eigenvalue weighted by Gasteiger charge is 2.30. The van der Waals surface area contributed by atoms with Crippen LogP contribution in [0.15, 0.2) is 121 Å². The van der Waals surface area contributed by atoms with E-state index in [0.717, 1.165) is 55.2 Å². The SMILES string of the molecule is CCCCCCCCCCCC(=O)NC(CC(=O)CC(CCCc1ccccc1)Cc1ccccc1)C(=O)NC(CCC(=O)OCc1ccccc1)C(=O)OCc1ccccc1. The number of nitrogens with one attached hydrogen (secondary N) is 2. The average molecular weight is 845 g/mol. The molecule has 9 nitrogen and oxygen atoms in total. The monoisotopic (exact) mass is 845 g/mol. The molecule has 0 saturated carbocycles. The molecule has 3 unspecified atom stereocenters. The maximum Gasteiger partial charge on any atom is 0.328 e. The Morgan fingerprint density at radius 1 is 0.500 bits per heavy atom. The lowest BCUT2D eigenvalue weighted by Crippen LogP contribution is -2.52. The average Bonchev–Trinajstić information content (AvgIpc) is 3.29. The molecule has 0 radical (unpaired) electrons. The lowest BCUT2D eigenvalue weighted by Gasteiger charge is -2.23. The maximum absolute atomic E-state index is 14.2. The summed E-state index contributed by atoms with van der Waals surface area (Å²) in [7, 11) is 0. The molecular formula is C53H68N2O7. The van der Waals surface area contributed by atoms with E-state index in [2.05, 4.69) is 41.8 Å². The van der Waals surface area contributed by atoms with Crippen molar-refractivity contribution < 1.29 is 33.4 Å².